The topological polar surface area (TPSA) is 111 Å². The fourth-order valence-electron chi connectivity index (χ4n) is 5.95. The van der Waals surface area contributed by atoms with Crippen LogP contribution in [0.2, 0.25) is 0 Å². The third-order valence-corrected chi connectivity index (χ3v) is 9.55. The molecule has 0 aliphatic heterocycles. The minimum atomic E-state index is -1.63. The Morgan fingerprint density at radius 3 is 1.46 bits per heavy atom. The van der Waals surface area contributed by atoms with Gasteiger partial charge in [0.15, 0.2) is 12.4 Å². The Morgan fingerprint density at radius 2 is 0.947 bits per heavy atom. The summed E-state index contributed by atoms with van der Waals surface area (Å²) in [7, 11) is 5.90. The van der Waals surface area contributed by atoms with Crippen LogP contribution in [0.5, 0.6) is 0 Å². The number of rotatable bonds is 41. The molecule has 330 valence electrons. The summed E-state index contributed by atoms with van der Waals surface area (Å²) in [5.74, 6) is -2.32. The van der Waals surface area contributed by atoms with Crippen LogP contribution in [0.4, 0.5) is 0 Å². The zero-order valence-corrected chi connectivity index (χ0v) is 37.2. The highest BCUT2D eigenvalue weighted by Gasteiger charge is 2.21. The summed E-state index contributed by atoms with van der Waals surface area (Å²) in [4.78, 5) is 37.0. The summed E-state index contributed by atoms with van der Waals surface area (Å²) < 4.78 is 22.5. The van der Waals surface area contributed by atoms with Crippen molar-refractivity contribution < 1.29 is 42.9 Å². The van der Waals surface area contributed by atoms with E-state index in [0.29, 0.717) is 17.4 Å². The monoisotopic (exact) mass is 804 g/mol. The molecule has 2 atom stereocenters. The summed E-state index contributed by atoms with van der Waals surface area (Å²) in [6.45, 7) is 4.66. The Bertz CT molecular complexity index is 1080. The molecule has 0 saturated carbocycles. The quantitative estimate of drug-likeness (QED) is 0.0197. The second-order valence-electron chi connectivity index (χ2n) is 16.3. The van der Waals surface area contributed by atoms with Crippen molar-refractivity contribution in [1.82, 2.24) is 0 Å². The van der Waals surface area contributed by atoms with Crippen LogP contribution in [0.15, 0.2) is 48.6 Å². The fraction of sp³-hybridized carbons (Fsp3) is 0.771. The van der Waals surface area contributed by atoms with Gasteiger partial charge in [-0.1, -0.05) is 140 Å². The van der Waals surface area contributed by atoms with E-state index in [-0.39, 0.29) is 38.6 Å². The highest BCUT2D eigenvalue weighted by molar-refractivity contribution is 5.70. The number of unbranched alkanes of at least 4 members (excludes halogenated alkanes) is 18. The van der Waals surface area contributed by atoms with Gasteiger partial charge in [0, 0.05) is 12.8 Å². The lowest BCUT2D eigenvalue weighted by molar-refractivity contribution is -0.870. The first-order chi connectivity index (χ1) is 27.6. The van der Waals surface area contributed by atoms with Crippen LogP contribution < -0.4 is 5.11 Å². The van der Waals surface area contributed by atoms with E-state index in [2.05, 4.69) is 62.5 Å². The van der Waals surface area contributed by atoms with Crippen molar-refractivity contribution in [1.29, 1.82) is 0 Å². The molecule has 9 heteroatoms. The number of ether oxygens (including phenoxy) is 4. The standard InChI is InChI=1S/C48H85NO8/c1-6-8-10-12-14-16-18-20-21-22-23-24-25-27-29-31-33-35-37-39-46(51)57-44(43-56-48(47(52)53)54-41-40-49(3,4)5)42-55-45(50)38-36-34-32-30-28-26-19-17-15-13-11-9-7-2/h14,16-17,19-21,23-24,44,48H,6-13,15,18,22,25-43H2,1-5H3/b16-14-,19-17-,21-20-,24-23-. The third kappa shape index (κ3) is 41.2. The van der Waals surface area contributed by atoms with Crippen molar-refractivity contribution >= 4 is 17.9 Å². The third-order valence-electron chi connectivity index (χ3n) is 9.55. The van der Waals surface area contributed by atoms with Crippen molar-refractivity contribution in [3.8, 4) is 0 Å². The van der Waals surface area contributed by atoms with Gasteiger partial charge in [-0.2, -0.15) is 0 Å². The molecule has 0 aliphatic rings. The second-order valence-corrected chi connectivity index (χ2v) is 16.3. The van der Waals surface area contributed by atoms with Crippen LogP contribution in [0.3, 0.4) is 0 Å². The van der Waals surface area contributed by atoms with Gasteiger partial charge in [-0.25, -0.2) is 0 Å². The molecule has 0 aromatic carbocycles. The van der Waals surface area contributed by atoms with Crippen LogP contribution in [-0.4, -0.2) is 82.3 Å². The van der Waals surface area contributed by atoms with E-state index in [1.807, 2.05) is 21.1 Å². The molecule has 0 aliphatic carbocycles. The molecule has 57 heavy (non-hydrogen) atoms. The van der Waals surface area contributed by atoms with Crippen LogP contribution in [0, 0.1) is 0 Å². The highest BCUT2D eigenvalue weighted by atomic mass is 16.7. The summed E-state index contributed by atoms with van der Waals surface area (Å²) in [5, 5.41) is 11.7. The molecule has 2 unspecified atom stereocenters. The molecule has 0 radical (unpaired) electrons. The van der Waals surface area contributed by atoms with E-state index >= 15 is 0 Å². The number of hydrogen-bond donors (Lipinski definition) is 0. The van der Waals surface area contributed by atoms with Crippen molar-refractivity contribution in [2.45, 2.75) is 193 Å². The zero-order chi connectivity index (χ0) is 42.1. The summed E-state index contributed by atoms with van der Waals surface area (Å²) >= 11 is 0. The maximum absolute atomic E-state index is 12.8. The lowest BCUT2D eigenvalue weighted by Crippen LogP contribution is -2.44. The minimum Gasteiger partial charge on any atom is -0.545 e. The van der Waals surface area contributed by atoms with E-state index < -0.39 is 24.3 Å². The zero-order valence-electron chi connectivity index (χ0n) is 37.2. The number of carboxylic acid groups (broad SMARTS) is 1. The Balaban J connectivity index is 4.47. The Kier molecular flexibility index (Phi) is 38.1. The molecule has 9 nitrogen and oxygen atoms in total. The molecule has 0 fully saturated rings. The number of carboxylic acids is 1. The Hall–Kier alpha value is -2.75. The lowest BCUT2D eigenvalue weighted by Gasteiger charge is -2.26. The van der Waals surface area contributed by atoms with Crippen LogP contribution >= 0.6 is 0 Å². The molecule has 0 rings (SSSR count). The van der Waals surface area contributed by atoms with Gasteiger partial charge in [-0.3, -0.25) is 9.59 Å². The van der Waals surface area contributed by atoms with Gasteiger partial charge in [-0.15, -0.1) is 0 Å². The molecule has 0 saturated heterocycles. The molecule has 0 amide bonds. The van der Waals surface area contributed by atoms with Crippen molar-refractivity contribution in [2.24, 2.45) is 0 Å². The average molecular weight is 804 g/mol. The highest BCUT2D eigenvalue weighted by Crippen LogP contribution is 2.13. The first-order valence-corrected chi connectivity index (χ1v) is 22.8. The number of allylic oxidation sites excluding steroid dienone is 8. The van der Waals surface area contributed by atoms with Gasteiger partial charge < -0.3 is 33.3 Å². The van der Waals surface area contributed by atoms with E-state index in [1.54, 1.807) is 0 Å². The number of carbonyl (C=O) groups is 3. The predicted octanol–water partition coefficient (Wildman–Crippen LogP) is 10.7. The largest absolute Gasteiger partial charge is 0.545 e. The fourth-order valence-corrected chi connectivity index (χ4v) is 5.95. The van der Waals surface area contributed by atoms with Crippen molar-refractivity contribution in [3.63, 3.8) is 0 Å². The second kappa shape index (κ2) is 40.0. The van der Waals surface area contributed by atoms with Gasteiger partial charge in [-0.05, 0) is 77.0 Å². The van der Waals surface area contributed by atoms with Gasteiger partial charge in [0.05, 0.1) is 40.3 Å². The number of esters is 2. The smallest absolute Gasteiger partial charge is 0.306 e. The van der Waals surface area contributed by atoms with E-state index in [9.17, 15) is 19.5 Å². The number of nitrogens with zero attached hydrogens (tertiary/aromatic N) is 1. The Labute approximate surface area is 349 Å². The number of likely N-dealkylation sites (N-methyl/N-ethyl adjacent to an activating group) is 1. The first kappa shape index (κ1) is 54.2. The lowest BCUT2D eigenvalue weighted by atomic mass is 10.1. The predicted molar refractivity (Wildman–Crippen MR) is 232 cm³/mol. The van der Waals surface area contributed by atoms with Gasteiger partial charge >= 0.3 is 11.9 Å². The summed E-state index contributed by atoms with van der Waals surface area (Å²) in [6, 6.07) is 0. The van der Waals surface area contributed by atoms with E-state index in [4.69, 9.17) is 18.9 Å². The number of aliphatic carboxylic acids is 1. The molecular weight excluding hydrogens is 719 g/mol. The van der Waals surface area contributed by atoms with Crippen LogP contribution in [0.25, 0.3) is 0 Å². The molecule has 0 spiro atoms. The molecule has 0 N–H and O–H groups in total. The molecule has 0 aromatic rings. The average Bonchev–Trinajstić information content (AvgIpc) is 3.17. The van der Waals surface area contributed by atoms with E-state index in [0.717, 1.165) is 89.9 Å². The van der Waals surface area contributed by atoms with Gasteiger partial charge in [0.1, 0.15) is 13.2 Å². The van der Waals surface area contributed by atoms with Gasteiger partial charge in [0.25, 0.3) is 0 Å². The SMILES string of the molecule is CCCCC/C=C\C/C=C\C/C=C\CCCCCCCCC(=O)OC(COC(=O)CCCCCCC/C=C\CCCCCC)COC(OCC[N+](C)(C)C)C(=O)[O-]. The normalized spacial score (nSPS) is 13.4. The van der Waals surface area contributed by atoms with Crippen LogP contribution in [0.1, 0.15) is 181 Å². The van der Waals surface area contributed by atoms with Crippen molar-refractivity contribution in [3.05, 3.63) is 48.6 Å². The van der Waals surface area contributed by atoms with E-state index in [1.165, 1.54) is 57.8 Å². The first-order valence-electron chi connectivity index (χ1n) is 22.8. The molecule has 0 heterocycles. The number of hydrogen-bond acceptors (Lipinski definition) is 8. The summed E-state index contributed by atoms with van der Waals surface area (Å²) in [6.07, 6.45) is 42.8. The maximum Gasteiger partial charge on any atom is 0.306 e. The van der Waals surface area contributed by atoms with Gasteiger partial charge in [0.2, 0.25) is 0 Å². The Morgan fingerprint density at radius 1 is 0.526 bits per heavy atom. The van der Waals surface area contributed by atoms with Crippen LogP contribution in [-0.2, 0) is 33.3 Å². The van der Waals surface area contributed by atoms with Crippen molar-refractivity contribution in [2.75, 3.05) is 47.5 Å². The maximum atomic E-state index is 12.8. The molecular formula is C48H85NO8. The number of quaternary nitrogens is 1. The number of carbonyl (C=O) groups excluding carboxylic acids is 3. The molecule has 0 bridgehead atoms. The molecule has 0 aromatic heterocycles. The minimum absolute atomic E-state index is 0.142. The summed E-state index contributed by atoms with van der Waals surface area (Å²) in [5.41, 5.74) is 0.